The Kier molecular flexibility index (Phi) is 6.69. The Labute approximate surface area is 189 Å². The minimum Gasteiger partial charge on any atom is -0.341 e. The van der Waals surface area contributed by atoms with Gasteiger partial charge in [-0.1, -0.05) is 61.5 Å². The molecule has 0 spiro atoms. The Hall–Kier alpha value is -3.41. The van der Waals surface area contributed by atoms with Crippen molar-refractivity contribution in [1.82, 2.24) is 20.0 Å². The summed E-state index contributed by atoms with van der Waals surface area (Å²) in [7, 11) is 0. The van der Waals surface area contributed by atoms with Crippen molar-refractivity contribution in [2.75, 3.05) is 26.2 Å². The number of nitrogens with zero attached hydrogens (tertiary/aromatic N) is 3. The summed E-state index contributed by atoms with van der Waals surface area (Å²) in [5.41, 5.74) is 4.76. The standard InChI is InChI=1S/C26H30N4O2/c1-3-13-29-14-15-30(26(32)24-17-27-28-19(24)2)18-23(25(29)31)16-20-9-11-22(12-10-20)21-7-5-4-6-8-21/h4-12,17,23H,3,13-16,18H2,1-2H3,(H,27,28). The van der Waals surface area contributed by atoms with Crippen LogP contribution in [0, 0.1) is 12.8 Å². The van der Waals surface area contributed by atoms with Crippen molar-refractivity contribution >= 4 is 11.8 Å². The van der Waals surface area contributed by atoms with Gasteiger partial charge in [0.2, 0.25) is 5.91 Å². The van der Waals surface area contributed by atoms with Gasteiger partial charge in [0, 0.05) is 31.9 Å². The van der Waals surface area contributed by atoms with E-state index in [-0.39, 0.29) is 17.7 Å². The smallest absolute Gasteiger partial charge is 0.257 e. The largest absolute Gasteiger partial charge is 0.341 e. The lowest BCUT2D eigenvalue weighted by Gasteiger charge is -2.24. The molecule has 0 saturated carbocycles. The number of hydrogen-bond donors (Lipinski definition) is 1. The summed E-state index contributed by atoms with van der Waals surface area (Å²) in [4.78, 5) is 30.2. The van der Waals surface area contributed by atoms with E-state index in [1.54, 1.807) is 6.20 Å². The van der Waals surface area contributed by atoms with Crippen LogP contribution in [0.1, 0.15) is 35.0 Å². The average Bonchev–Trinajstić information content (AvgIpc) is 3.19. The van der Waals surface area contributed by atoms with Crippen LogP contribution >= 0.6 is 0 Å². The van der Waals surface area contributed by atoms with E-state index in [0.717, 1.165) is 29.8 Å². The highest BCUT2D eigenvalue weighted by Crippen LogP contribution is 2.23. The summed E-state index contributed by atoms with van der Waals surface area (Å²) in [6.45, 7) is 6.17. The molecule has 6 nitrogen and oxygen atoms in total. The van der Waals surface area contributed by atoms with Crippen molar-refractivity contribution in [3.63, 3.8) is 0 Å². The number of carbonyl (C=O) groups is 2. The first-order valence-electron chi connectivity index (χ1n) is 11.3. The zero-order valence-electron chi connectivity index (χ0n) is 18.8. The number of hydrogen-bond acceptors (Lipinski definition) is 3. The molecule has 6 heteroatoms. The van der Waals surface area contributed by atoms with Gasteiger partial charge >= 0.3 is 0 Å². The van der Waals surface area contributed by atoms with Gasteiger partial charge in [-0.3, -0.25) is 14.7 Å². The second kappa shape index (κ2) is 9.81. The summed E-state index contributed by atoms with van der Waals surface area (Å²) in [6, 6.07) is 18.7. The normalized spacial score (nSPS) is 16.8. The third-order valence-corrected chi connectivity index (χ3v) is 6.13. The molecular weight excluding hydrogens is 400 g/mol. The van der Waals surface area contributed by atoms with Crippen molar-refractivity contribution in [1.29, 1.82) is 0 Å². The van der Waals surface area contributed by atoms with Crippen LogP contribution in [-0.4, -0.2) is 58.0 Å². The first-order chi connectivity index (χ1) is 15.6. The number of aromatic nitrogens is 2. The van der Waals surface area contributed by atoms with E-state index in [1.165, 1.54) is 5.56 Å². The molecule has 2 heterocycles. The summed E-state index contributed by atoms with van der Waals surface area (Å²) in [5, 5.41) is 6.83. The highest BCUT2D eigenvalue weighted by atomic mass is 16.2. The average molecular weight is 431 g/mol. The third-order valence-electron chi connectivity index (χ3n) is 6.13. The molecule has 1 unspecified atom stereocenters. The molecule has 0 radical (unpaired) electrons. The van der Waals surface area contributed by atoms with E-state index in [2.05, 4.69) is 53.5 Å². The lowest BCUT2D eigenvalue weighted by atomic mass is 9.95. The molecule has 0 bridgehead atoms. The summed E-state index contributed by atoms with van der Waals surface area (Å²) in [6.07, 6.45) is 3.09. The maximum Gasteiger partial charge on any atom is 0.257 e. The van der Waals surface area contributed by atoms with Crippen molar-refractivity contribution in [2.45, 2.75) is 26.7 Å². The first kappa shape index (κ1) is 21.8. The number of benzene rings is 2. The lowest BCUT2D eigenvalue weighted by molar-refractivity contribution is -0.134. The molecule has 2 amide bonds. The molecule has 1 atom stereocenters. The molecule has 0 aliphatic carbocycles. The van der Waals surface area contributed by atoms with Crippen LogP contribution in [0.15, 0.2) is 60.8 Å². The fraction of sp³-hybridized carbons (Fsp3) is 0.346. The van der Waals surface area contributed by atoms with Gasteiger partial charge < -0.3 is 9.80 Å². The Morgan fingerprint density at radius 1 is 1.06 bits per heavy atom. The van der Waals surface area contributed by atoms with Crippen molar-refractivity contribution in [3.8, 4) is 11.1 Å². The molecule has 3 aromatic rings. The van der Waals surface area contributed by atoms with E-state index in [0.29, 0.717) is 31.6 Å². The number of rotatable bonds is 6. The molecule has 1 fully saturated rings. The maximum atomic E-state index is 13.3. The molecule has 1 N–H and O–H groups in total. The summed E-state index contributed by atoms with van der Waals surface area (Å²) < 4.78 is 0. The van der Waals surface area contributed by atoms with Crippen molar-refractivity contribution in [2.24, 2.45) is 5.92 Å². The predicted molar refractivity (Wildman–Crippen MR) is 125 cm³/mol. The number of aryl methyl sites for hydroxylation is 1. The van der Waals surface area contributed by atoms with Crippen LogP contribution in [0.5, 0.6) is 0 Å². The summed E-state index contributed by atoms with van der Waals surface area (Å²) in [5.74, 6) is -0.187. The van der Waals surface area contributed by atoms with Gasteiger partial charge in [0.1, 0.15) is 0 Å². The van der Waals surface area contributed by atoms with Crippen LogP contribution in [0.4, 0.5) is 0 Å². The number of aromatic amines is 1. The van der Waals surface area contributed by atoms with Crippen LogP contribution in [-0.2, 0) is 11.2 Å². The predicted octanol–water partition coefficient (Wildman–Crippen LogP) is 3.94. The number of amides is 2. The van der Waals surface area contributed by atoms with Gasteiger partial charge in [-0.05, 0) is 36.5 Å². The van der Waals surface area contributed by atoms with E-state index in [4.69, 9.17) is 0 Å². The topological polar surface area (TPSA) is 69.3 Å². The Morgan fingerprint density at radius 2 is 1.78 bits per heavy atom. The molecule has 166 valence electrons. The molecule has 1 aliphatic rings. The van der Waals surface area contributed by atoms with E-state index < -0.39 is 0 Å². The number of nitrogens with one attached hydrogen (secondary N) is 1. The van der Waals surface area contributed by atoms with E-state index >= 15 is 0 Å². The van der Waals surface area contributed by atoms with Gasteiger partial charge in [-0.15, -0.1) is 0 Å². The van der Waals surface area contributed by atoms with Crippen molar-refractivity contribution in [3.05, 3.63) is 77.6 Å². The van der Waals surface area contributed by atoms with E-state index in [9.17, 15) is 9.59 Å². The molecule has 1 aliphatic heterocycles. The van der Waals surface area contributed by atoms with E-state index in [1.807, 2.05) is 34.9 Å². The third kappa shape index (κ3) is 4.74. The van der Waals surface area contributed by atoms with Gasteiger partial charge in [0.15, 0.2) is 0 Å². The fourth-order valence-corrected chi connectivity index (χ4v) is 4.36. The Balaban J connectivity index is 1.54. The van der Waals surface area contributed by atoms with Crippen LogP contribution in [0.2, 0.25) is 0 Å². The van der Waals surface area contributed by atoms with Gasteiger partial charge in [0.05, 0.1) is 17.7 Å². The fourth-order valence-electron chi connectivity index (χ4n) is 4.36. The first-order valence-corrected chi connectivity index (χ1v) is 11.3. The maximum absolute atomic E-state index is 13.3. The van der Waals surface area contributed by atoms with Crippen molar-refractivity contribution < 1.29 is 9.59 Å². The summed E-state index contributed by atoms with van der Waals surface area (Å²) >= 11 is 0. The zero-order valence-corrected chi connectivity index (χ0v) is 18.8. The molecule has 4 rings (SSSR count). The van der Waals surface area contributed by atoms with Gasteiger partial charge in [0.25, 0.3) is 5.91 Å². The van der Waals surface area contributed by atoms with Crippen LogP contribution in [0.3, 0.4) is 0 Å². The molecular formula is C26H30N4O2. The second-order valence-electron chi connectivity index (χ2n) is 8.45. The van der Waals surface area contributed by atoms with Gasteiger partial charge in [-0.25, -0.2) is 0 Å². The SMILES string of the molecule is CCCN1CCN(C(=O)c2cn[nH]c2C)CC(Cc2ccc(-c3ccccc3)cc2)C1=O. The van der Waals surface area contributed by atoms with Gasteiger partial charge in [-0.2, -0.15) is 5.10 Å². The molecule has 2 aromatic carbocycles. The zero-order chi connectivity index (χ0) is 22.5. The minimum atomic E-state index is -0.261. The molecule has 1 saturated heterocycles. The quantitative estimate of drug-likeness (QED) is 0.644. The van der Waals surface area contributed by atoms with Crippen LogP contribution < -0.4 is 0 Å². The van der Waals surface area contributed by atoms with Crippen LogP contribution in [0.25, 0.3) is 11.1 Å². The highest BCUT2D eigenvalue weighted by Gasteiger charge is 2.33. The monoisotopic (exact) mass is 430 g/mol. The lowest BCUT2D eigenvalue weighted by Crippen LogP contribution is -2.38. The molecule has 1 aromatic heterocycles. The minimum absolute atomic E-state index is 0.0631. The number of H-pyrrole nitrogens is 1. The highest BCUT2D eigenvalue weighted by molar-refractivity contribution is 5.95. The molecule has 32 heavy (non-hydrogen) atoms. The second-order valence-corrected chi connectivity index (χ2v) is 8.45. The Morgan fingerprint density at radius 3 is 2.44 bits per heavy atom. The Bertz CT molecular complexity index is 1060. The number of carbonyl (C=O) groups excluding carboxylic acids is 2.